The van der Waals surface area contributed by atoms with Crippen LogP contribution in [0.3, 0.4) is 0 Å². The van der Waals surface area contributed by atoms with E-state index in [0.717, 1.165) is 54.4 Å². The van der Waals surface area contributed by atoms with Gasteiger partial charge in [0.05, 0.1) is 17.7 Å². The minimum Gasteiger partial charge on any atom is -0.497 e. The maximum absolute atomic E-state index is 13.1. The van der Waals surface area contributed by atoms with E-state index < -0.39 is 0 Å². The van der Waals surface area contributed by atoms with Crippen LogP contribution in [-0.2, 0) is 11.3 Å². The first-order valence-electron chi connectivity index (χ1n) is 12.5. The molecule has 0 radical (unpaired) electrons. The van der Waals surface area contributed by atoms with E-state index in [1.54, 1.807) is 19.1 Å². The molecule has 2 amide bonds. The summed E-state index contributed by atoms with van der Waals surface area (Å²) in [5.74, 6) is 0.561. The molecule has 5 rings (SSSR count). The molecule has 0 spiro atoms. The zero-order chi connectivity index (χ0) is 25.8. The van der Waals surface area contributed by atoms with Crippen LogP contribution in [0.5, 0.6) is 5.75 Å². The van der Waals surface area contributed by atoms with Gasteiger partial charge in [0, 0.05) is 43.2 Å². The van der Waals surface area contributed by atoms with Crippen LogP contribution in [0.1, 0.15) is 34.3 Å². The number of methoxy groups -OCH3 is 1. The summed E-state index contributed by atoms with van der Waals surface area (Å²) < 4.78 is 5.30. The molecule has 1 fully saturated rings. The van der Waals surface area contributed by atoms with Crippen LogP contribution >= 0.6 is 11.8 Å². The molecule has 2 aliphatic heterocycles. The lowest BCUT2D eigenvalue weighted by Crippen LogP contribution is -2.44. The lowest BCUT2D eigenvalue weighted by Gasteiger charge is -2.32. The first-order valence-corrected chi connectivity index (χ1v) is 13.3. The van der Waals surface area contributed by atoms with Gasteiger partial charge >= 0.3 is 0 Å². The Kier molecular flexibility index (Phi) is 7.63. The number of piperidine rings is 1. The van der Waals surface area contributed by atoms with Crippen LogP contribution in [0.15, 0.2) is 82.6 Å². The fourth-order valence-electron chi connectivity index (χ4n) is 4.76. The molecule has 0 saturated carbocycles. The average Bonchev–Trinajstić information content (AvgIpc) is 2.93. The Hall–Kier alpha value is -3.55. The van der Waals surface area contributed by atoms with Crippen LogP contribution < -0.4 is 15.0 Å². The highest BCUT2D eigenvalue weighted by atomic mass is 32.2. The summed E-state index contributed by atoms with van der Waals surface area (Å²) in [6, 6.07) is 23.9. The van der Waals surface area contributed by atoms with Crippen LogP contribution in [0, 0.1) is 0 Å². The third-order valence-corrected chi connectivity index (χ3v) is 7.96. The molecule has 0 aliphatic carbocycles. The van der Waals surface area contributed by atoms with Gasteiger partial charge in [-0.3, -0.25) is 14.5 Å². The van der Waals surface area contributed by atoms with Gasteiger partial charge in [-0.25, -0.2) is 0 Å². The summed E-state index contributed by atoms with van der Waals surface area (Å²) in [5.41, 5.74) is 3.55. The van der Waals surface area contributed by atoms with Gasteiger partial charge in [0.2, 0.25) is 0 Å². The van der Waals surface area contributed by atoms with Gasteiger partial charge in [-0.05, 0) is 60.4 Å². The predicted octanol–water partition coefficient (Wildman–Crippen LogP) is 5.20. The molecule has 1 saturated heterocycles. The minimum absolute atomic E-state index is 0.0899. The highest BCUT2D eigenvalue weighted by Gasteiger charge is 2.28. The third kappa shape index (κ3) is 5.89. The zero-order valence-electron chi connectivity index (χ0n) is 21.1. The van der Waals surface area contributed by atoms with E-state index in [1.807, 2.05) is 54.6 Å². The maximum Gasteiger partial charge on any atom is 0.264 e. The average molecular weight is 514 g/mol. The van der Waals surface area contributed by atoms with Crippen molar-refractivity contribution < 1.29 is 14.3 Å². The molecule has 190 valence electrons. The van der Waals surface area contributed by atoms with Gasteiger partial charge in [-0.15, -0.1) is 0 Å². The zero-order valence-corrected chi connectivity index (χ0v) is 22.0. The summed E-state index contributed by atoms with van der Waals surface area (Å²) in [6.07, 6.45) is 3.73. The third-order valence-electron chi connectivity index (χ3n) is 6.88. The number of anilines is 1. The number of nitrogens with one attached hydrogen (secondary N) is 1. The molecule has 2 aliphatic rings. The van der Waals surface area contributed by atoms with Crippen LogP contribution in [-0.4, -0.2) is 50.0 Å². The molecule has 1 N–H and O–H groups in total. The Labute approximate surface area is 222 Å². The normalized spacial score (nSPS) is 17.5. The number of ether oxygens (including phenoxy) is 1. The summed E-state index contributed by atoms with van der Waals surface area (Å²) in [5, 5.41) is 3.21. The number of rotatable bonds is 6. The first kappa shape index (κ1) is 25.1. The SMILES string of the molecule is COc1cccc(C=C2Sc3ccc(C(=O)NC4CCN(Cc5ccccc5)CC4)cc3N(C)C2=O)c1. The summed E-state index contributed by atoms with van der Waals surface area (Å²) in [4.78, 5) is 31.8. The number of likely N-dealkylation sites (N-methyl/N-ethyl adjacent to an activating group) is 1. The van der Waals surface area contributed by atoms with Gasteiger partial charge in [-0.2, -0.15) is 0 Å². The molecule has 37 heavy (non-hydrogen) atoms. The molecule has 0 aromatic heterocycles. The second kappa shape index (κ2) is 11.2. The van der Waals surface area contributed by atoms with Gasteiger partial charge in [-0.1, -0.05) is 54.2 Å². The van der Waals surface area contributed by atoms with Crippen molar-refractivity contribution in [3.8, 4) is 5.75 Å². The van der Waals surface area contributed by atoms with Crippen LogP contribution in [0.25, 0.3) is 6.08 Å². The fourth-order valence-corrected chi connectivity index (χ4v) is 5.86. The second-order valence-electron chi connectivity index (χ2n) is 9.44. The Morgan fingerprint density at radius 2 is 1.84 bits per heavy atom. The van der Waals surface area contributed by atoms with Crippen LogP contribution in [0.4, 0.5) is 5.69 Å². The minimum atomic E-state index is -0.0938. The van der Waals surface area contributed by atoms with Gasteiger partial charge < -0.3 is 15.0 Å². The number of hydrogen-bond donors (Lipinski definition) is 1. The number of likely N-dealkylation sites (tertiary alicyclic amines) is 1. The topological polar surface area (TPSA) is 61.9 Å². The fraction of sp³-hybridized carbons (Fsp3) is 0.267. The van der Waals surface area contributed by atoms with Gasteiger partial charge in [0.15, 0.2) is 0 Å². The molecular formula is C30H31N3O3S. The molecular weight excluding hydrogens is 482 g/mol. The number of fused-ring (bicyclic) bond motifs is 1. The molecule has 0 bridgehead atoms. The molecule has 0 atom stereocenters. The Morgan fingerprint density at radius 3 is 2.59 bits per heavy atom. The van der Waals surface area contributed by atoms with E-state index in [9.17, 15) is 9.59 Å². The Bertz CT molecular complexity index is 1320. The van der Waals surface area contributed by atoms with E-state index in [2.05, 4.69) is 34.5 Å². The lowest BCUT2D eigenvalue weighted by molar-refractivity contribution is -0.114. The van der Waals surface area contributed by atoms with Crippen molar-refractivity contribution in [1.82, 2.24) is 10.2 Å². The molecule has 0 unspecified atom stereocenters. The van der Waals surface area contributed by atoms with Crippen molar-refractivity contribution in [3.63, 3.8) is 0 Å². The van der Waals surface area contributed by atoms with E-state index in [0.29, 0.717) is 10.5 Å². The quantitative estimate of drug-likeness (QED) is 0.459. The molecule has 6 nitrogen and oxygen atoms in total. The van der Waals surface area contributed by atoms with Gasteiger partial charge in [0.25, 0.3) is 11.8 Å². The smallest absolute Gasteiger partial charge is 0.264 e. The van der Waals surface area contributed by atoms with Crippen molar-refractivity contribution >= 4 is 35.3 Å². The van der Waals surface area contributed by atoms with Crippen molar-refractivity contribution in [2.24, 2.45) is 0 Å². The number of carbonyl (C=O) groups excluding carboxylic acids is 2. The summed E-state index contributed by atoms with van der Waals surface area (Å²) in [6.45, 7) is 2.86. The molecule has 3 aromatic carbocycles. The summed E-state index contributed by atoms with van der Waals surface area (Å²) >= 11 is 1.43. The van der Waals surface area contributed by atoms with Crippen molar-refractivity contribution in [2.75, 3.05) is 32.1 Å². The number of thioether (sulfide) groups is 1. The first-order chi connectivity index (χ1) is 18.0. The van der Waals surface area contributed by atoms with Gasteiger partial charge in [0.1, 0.15) is 5.75 Å². The Balaban J connectivity index is 1.22. The van der Waals surface area contributed by atoms with Crippen LogP contribution in [0.2, 0.25) is 0 Å². The largest absolute Gasteiger partial charge is 0.497 e. The van der Waals surface area contributed by atoms with E-state index in [4.69, 9.17) is 4.74 Å². The lowest BCUT2D eigenvalue weighted by atomic mass is 10.0. The molecule has 2 heterocycles. The number of hydrogen-bond acceptors (Lipinski definition) is 5. The standard InChI is InChI=1S/C30H31N3O3S/c1-32-26-19-23(29(34)31-24-13-15-33(16-14-24)20-21-7-4-3-5-8-21)11-12-27(26)37-28(30(32)35)18-22-9-6-10-25(17-22)36-2/h3-12,17-19,24H,13-16,20H2,1-2H3,(H,31,34). The maximum atomic E-state index is 13.1. The number of carbonyl (C=O) groups is 2. The molecule has 7 heteroatoms. The highest BCUT2D eigenvalue weighted by molar-refractivity contribution is 8.04. The summed E-state index contributed by atoms with van der Waals surface area (Å²) in [7, 11) is 3.38. The highest BCUT2D eigenvalue weighted by Crippen LogP contribution is 2.42. The van der Waals surface area contributed by atoms with Crippen molar-refractivity contribution in [2.45, 2.75) is 30.3 Å². The monoisotopic (exact) mass is 513 g/mol. The Morgan fingerprint density at radius 1 is 1.05 bits per heavy atom. The number of amides is 2. The predicted molar refractivity (Wildman–Crippen MR) is 149 cm³/mol. The van der Waals surface area contributed by atoms with Crippen molar-refractivity contribution in [1.29, 1.82) is 0 Å². The van der Waals surface area contributed by atoms with E-state index >= 15 is 0 Å². The number of nitrogens with zero attached hydrogens (tertiary/aromatic N) is 2. The second-order valence-corrected chi connectivity index (χ2v) is 10.5. The molecule has 3 aromatic rings. The van der Waals surface area contributed by atoms with Crippen molar-refractivity contribution in [3.05, 3.63) is 94.4 Å². The number of benzene rings is 3. The van der Waals surface area contributed by atoms with E-state index in [-0.39, 0.29) is 17.9 Å². The van der Waals surface area contributed by atoms with E-state index in [1.165, 1.54) is 17.3 Å².